The summed E-state index contributed by atoms with van der Waals surface area (Å²) in [6.07, 6.45) is 5.93. The van der Waals surface area contributed by atoms with Gasteiger partial charge >= 0.3 is 0 Å². The van der Waals surface area contributed by atoms with Gasteiger partial charge < -0.3 is 4.57 Å². The van der Waals surface area contributed by atoms with Crippen molar-refractivity contribution >= 4 is 0 Å². The number of hydrogen-bond acceptors (Lipinski definition) is 1. The van der Waals surface area contributed by atoms with Crippen LogP contribution in [0.2, 0.25) is 0 Å². The third-order valence-electron chi connectivity index (χ3n) is 2.23. The molecule has 0 N–H and O–H groups in total. The SMILES string of the molecule is Cc1cc(-n2cccc2)cnc1C. The van der Waals surface area contributed by atoms with Gasteiger partial charge in [0.1, 0.15) is 0 Å². The zero-order valence-electron chi connectivity index (χ0n) is 7.86. The Labute approximate surface area is 77.9 Å². The van der Waals surface area contributed by atoms with Crippen molar-refractivity contribution in [3.63, 3.8) is 0 Å². The minimum atomic E-state index is 1.09. The Hall–Kier alpha value is -1.57. The van der Waals surface area contributed by atoms with E-state index in [1.54, 1.807) is 0 Å². The molecule has 0 amide bonds. The second kappa shape index (κ2) is 3.05. The Morgan fingerprint density at radius 2 is 1.85 bits per heavy atom. The molecule has 0 unspecified atom stereocenters. The van der Waals surface area contributed by atoms with Crippen molar-refractivity contribution in [2.75, 3.05) is 0 Å². The molecule has 13 heavy (non-hydrogen) atoms. The summed E-state index contributed by atoms with van der Waals surface area (Å²) < 4.78 is 2.06. The summed E-state index contributed by atoms with van der Waals surface area (Å²) in [5.41, 5.74) is 3.44. The first-order valence-corrected chi connectivity index (χ1v) is 4.34. The number of aromatic nitrogens is 2. The zero-order valence-corrected chi connectivity index (χ0v) is 7.86. The lowest BCUT2D eigenvalue weighted by molar-refractivity contribution is 1.03. The van der Waals surface area contributed by atoms with Crippen LogP contribution in [-0.2, 0) is 0 Å². The van der Waals surface area contributed by atoms with Crippen LogP contribution in [0.3, 0.4) is 0 Å². The van der Waals surface area contributed by atoms with Gasteiger partial charge in [-0.3, -0.25) is 4.98 Å². The highest BCUT2D eigenvalue weighted by atomic mass is 15.0. The van der Waals surface area contributed by atoms with Gasteiger partial charge in [-0.1, -0.05) is 0 Å². The highest BCUT2D eigenvalue weighted by Gasteiger charge is 1.97. The molecular formula is C11H12N2. The standard InChI is InChI=1S/C11H12N2/c1-9-7-11(8-12-10(9)2)13-5-3-4-6-13/h3-8H,1-2H3. The second-order valence-electron chi connectivity index (χ2n) is 3.19. The molecule has 0 aliphatic rings. The Bertz CT molecular complexity index is 402. The highest BCUT2D eigenvalue weighted by Crippen LogP contribution is 2.10. The molecule has 2 heterocycles. The predicted molar refractivity (Wildman–Crippen MR) is 53.0 cm³/mol. The van der Waals surface area contributed by atoms with E-state index in [1.807, 2.05) is 37.6 Å². The summed E-state index contributed by atoms with van der Waals surface area (Å²) >= 11 is 0. The van der Waals surface area contributed by atoms with Gasteiger partial charge in [0.05, 0.1) is 11.9 Å². The molecule has 2 heteroatoms. The molecule has 2 aromatic rings. The van der Waals surface area contributed by atoms with Crippen LogP contribution in [-0.4, -0.2) is 9.55 Å². The van der Waals surface area contributed by atoms with Crippen molar-refractivity contribution in [1.29, 1.82) is 0 Å². The topological polar surface area (TPSA) is 17.8 Å². The third-order valence-corrected chi connectivity index (χ3v) is 2.23. The predicted octanol–water partition coefficient (Wildman–Crippen LogP) is 2.49. The van der Waals surface area contributed by atoms with Crippen LogP contribution in [0.15, 0.2) is 36.8 Å². The Balaban J connectivity index is 2.49. The molecule has 0 spiro atoms. The third kappa shape index (κ3) is 1.47. The van der Waals surface area contributed by atoms with E-state index >= 15 is 0 Å². The first-order valence-electron chi connectivity index (χ1n) is 4.34. The van der Waals surface area contributed by atoms with E-state index in [4.69, 9.17) is 0 Å². The van der Waals surface area contributed by atoms with E-state index in [-0.39, 0.29) is 0 Å². The fraction of sp³-hybridized carbons (Fsp3) is 0.182. The monoisotopic (exact) mass is 172 g/mol. The van der Waals surface area contributed by atoms with Gasteiger partial charge in [0.15, 0.2) is 0 Å². The quantitative estimate of drug-likeness (QED) is 0.646. The molecule has 0 bridgehead atoms. The van der Waals surface area contributed by atoms with Gasteiger partial charge in [0.25, 0.3) is 0 Å². The molecule has 0 saturated carbocycles. The van der Waals surface area contributed by atoms with E-state index in [0.29, 0.717) is 0 Å². The van der Waals surface area contributed by atoms with Crippen LogP contribution in [0, 0.1) is 13.8 Å². The summed E-state index contributed by atoms with van der Waals surface area (Å²) in [6, 6.07) is 6.16. The van der Waals surface area contributed by atoms with Gasteiger partial charge in [-0.2, -0.15) is 0 Å². The van der Waals surface area contributed by atoms with Gasteiger partial charge in [0.2, 0.25) is 0 Å². The first-order chi connectivity index (χ1) is 6.27. The first kappa shape index (κ1) is 8.05. The molecule has 0 atom stereocenters. The van der Waals surface area contributed by atoms with Gasteiger partial charge in [-0.25, -0.2) is 0 Å². The van der Waals surface area contributed by atoms with Gasteiger partial charge in [-0.05, 0) is 37.6 Å². The lowest BCUT2D eigenvalue weighted by Crippen LogP contribution is -1.94. The molecule has 0 fully saturated rings. The van der Waals surface area contributed by atoms with Crippen molar-refractivity contribution in [3.8, 4) is 5.69 Å². The highest BCUT2D eigenvalue weighted by molar-refractivity contribution is 5.35. The van der Waals surface area contributed by atoms with Crippen molar-refractivity contribution in [2.24, 2.45) is 0 Å². The number of rotatable bonds is 1. The molecule has 2 aromatic heterocycles. The Morgan fingerprint density at radius 3 is 2.46 bits per heavy atom. The molecule has 2 rings (SSSR count). The summed E-state index contributed by atoms with van der Waals surface area (Å²) in [5, 5.41) is 0. The van der Waals surface area contributed by atoms with Crippen LogP contribution >= 0.6 is 0 Å². The summed E-state index contributed by atoms with van der Waals surface area (Å²) in [5.74, 6) is 0. The lowest BCUT2D eigenvalue weighted by Gasteiger charge is -2.04. The van der Waals surface area contributed by atoms with Crippen molar-refractivity contribution in [1.82, 2.24) is 9.55 Å². The van der Waals surface area contributed by atoms with Gasteiger partial charge in [0, 0.05) is 18.1 Å². The lowest BCUT2D eigenvalue weighted by atomic mass is 10.2. The zero-order chi connectivity index (χ0) is 9.26. The van der Waals surface area contributed by atoms with Crippen LogP contribution in [0.25, 0.3) is 5.69 Å². The Morgan fingerprint density at radius 1 is 1.15 bits per heavy atom. The van der Waals surface area contributed by atoms with E-state index < -0.39 is 0 Å². The molecule has 2 nitrogen and oxygen atoms in total. The fourth-order valence-corrected chi connectivity index (χ4v) is 1.28. The molecule has 0 saturated heterocycles. The summed E-state index contributed by atoms with van der Waals surface area (Å²) in [7, 11) is 0. The maximum absolute atomic E-state index is 4.31. The van der Waals surface area contributed by atoms with Crippen LogP contribution in [0.1, 0.15) is 11.3 Å². The average molecular weight is 172 g/mol. The van der Waals surface area contributed by atoms with E-state index in [1.165, 1.54) is 5.56 Å². The van der Waals surface area contributed by atoms with Crippen LogP contribution < -0.4 is 0 Å². The van der Waals surface area contributed by atoms with Crippen molar-refractivity contribution in [2.45, 2.75) is 13.8 Å². The second-order valence-corrected chi connectivity index (χ2v) is 3.19. The largest absolute Gasteiger partial charge is 0.322 e. The van der Waals surface area contributed by atoms with Crippen LogP contribution in [0.5, 0.6) is 0 Å². The van der Waals surface area contributed by atoms with Crippen molar-refractivity contribution < 1.29 is 0 Å². The van der Waals surface area contributed by atoms with E-state index in [2.05, 4.69) is 22.5 Å². The maximum atomic E-state index is 4.31. The van der Waals surface area contributed by atoms with E-state index in [0.717, 1.165) is 11.4 Å². The number of hydrogen-bond donors (Lipinski definition) is 0. The normalized spacial score (nSPS) is 10.3. The van der Waals surface area contributed by atoms with Gasteiger partial charge in [-0.15, -0.1) is 0 Å². The maximum Gasteiger partial charge on any atom is 0.0636 e. The molecule has 0 aliphatic heterocycles. The number of aryl methyl sites for hydroxylation is 2. The molecular weight excluding hydrogens is 160 g/mol. The average Bonchev–Trinajstić information content (AvgIpc) is 2.62. The molecule has 0 radical (unpaired) electrons. The number of nitrogens with zero attached hydrogens (tertiary/aromatic N) is 2. The molecule has 0 aromatic carbocycles. The minimum Gasteiger partial charge on any atom is -0.322 e. The fourth-order valence-electron chi connectivity index (χ4n) is 1.28. The van der Waals surface area contributed by atoms with Crippen LogP contribution in [0.4, 0.5) is 0 Å². The summed E-state index contributed by atoms with van der Waals surface area (Å²) in [4.78, 5) is 4.31. The van der Waals surface area contributed by atoms with Crippen molar-refractivity contribution in [3.05, 3.63) is 48.0 Å². The number of pyridine rings is 1. The van der Waals surface area contributed by atoms with E-state index in [9.17, 15) is 0 Å². The Kier molecular flexibility index (Phi) is 1.89. The summed E-state index contributed by atoms with van der Waals surface area (Å²) in [6.45, 7) is 4.10. The molecule has 0 aliphatic carbocycles. The minimum absolute atomic E-state index is 1.09. The molecule has 66 valence electrons. The smallest absolute Gasteiger partial charge is 0.0636 e.